The van der Waals surface area contributed by atoms with Gasteiger partial charge >= 0.3 is 0 Å². The van der Waals surface area contributed by atoms with Crippen molar-refractivity contribution in [3.8, 4) is 6.07 Å². The second-order valence-electron chi connectivity index (χ2n) is 5.07. The summed E-state index contributed by atoms with van der Waals surface area (Å²) in [5.41, 5.74) is 0.0864. The summed E-state index contributed by atoms with van der Waals surface area (Å²) in [5.74, 6) is -0.173. The van der Waals surface area contributed by atoms with E-state index < -0.39 is 0 Å². The van der Waals surface area contributed by atoms with Crippen LogP contribution in [0.3, 0.4) is 0 Å². The molecule has 1 aliphatic heterocycles. The average molecular weight is 292 g/mol. The predicted octanol–water partition coefficient (Wildman–Crippen LogP) is 0.912. The summed E-state index contributed by atoms with van der Waals surface area (Å²) < 4.78 is 0. The number of unbranched alkanes of at least 4 members (excludes halogenated alkanes) is 1. The van der Waals surface area contributed by atoms with E-state index in [-0.39, 0.29) is 17.4 Å². The van der Waals surface area contributed by atoms with E-state index in [2.05, 4.69) is 17.6 Å². The van der Waals surface area contributed by atoms with E-state index >= 15 is 0 Å². The number of hydrogen-bond acceptors (Lipinski definition) is 4. The van der Waals surface area contributed by atoms with Crippen LogP contribution in [-0.4, -0.2) is 42.9 Å². The summed E-state index contributed by atoms with van der Waals surface area (Å²) in [5, 5.41) is 14.6. The van der Waals surface area contributed by atoms with Crippen molar-refractivity contribution in [3.05, 3.63) is 11.8 Å². The van der Waals surface area contributed by atoms with Crippen molar-refractivity contribution in [3.63, 3.8) is 0 Å². The third-order valence-corrected chi connectivity index (χ3v) is 3.35. The van der Waals surface area contributed by atoms with Crippen molar-refractivity contribution in [1.29, 1.82) is 5.26 Å². The maximum atomic E-state index is 11.8. The second-order valence-corrected chi connectivity index (χ2v) is 5.07. The van der Waals surface area contributed by atoms with Gasteiger partial charge in [-0.25, -0.2) is 0 Å². The molecule has 0 unspecified atom stereocenters. The Bertz CT molecular complexity index is 426. The van der Waals surface area contributed by atoms with Crippen molar-refractivity contribution in [2.24, 2.45) is 0 Å². The first-order valence-corrected chi connectivity index (χ1v) is 7.58. The minimum absolute atomic E-state index is 0.0864. The largest absolute Gasteiger partial charge is 0.390 e. The highest BCUT2D eigenvalue weighted by Gasteiger charge is 2.19. The maximum Gasteiger partial charge on any atom is 0.263 e. The molecule has 0 bridgehead atoms. The molecule has 6 nitrogen and oxygen atoms in total. The number of nitrogens with one attached hydrogen (secondary N) is 2. The summed E-state index contributed by atoms with van der Waals surface area (Å²) in [6, 6.07) is 1.89. The Morgan fingerprint density at radius 2 is 2.24 bits per heavy atom. The molecule has 116 valence electrons. The van der Waals surface area contributed by atoms with Crippen molar-refractivity contribution in [1.82, 2.24) is 15.5 Å². The molecule has 0 spiro atoms. The highest BCUT2D eigenvalue weighted by molar-refractivity contribution is 5.97. The number of nitrogens with zero attached hydrogens (tertiary/aromatic N) is 2. The van der Waals surface area contributed by atoms with Gasteiger partial charge in [-0.2, -0.15) is 5.26 Å². The molecule has 1 fully saturated rings. The molecule has 0 aliphatic carbocycles. The number of carbonyl (C=O) groups is 2. The first-order chi connectivity index (χ1) is 10.2. The van der Waals surface area contributed by atoms with Gasteiger partial charge in [-0.3, -0.25) is 9.59 Å². The molecule has 0 saturated carbocycles. The van der Waals surface area contributed by atoms with E-state index in [0.29, 0.717) is 25.9 Å². The minimum Gasteiger partial charge on any atom is -0.390 e. The van der Waals surface area contributed by atoms with Gasteiger partial charge in [0.2, 0.25) is 5.91 Å². The Kier molecular flexibility index (Phi) is 7.95. The van der Waals surface area contributed by atoms with Crippen LogP contribution >= 0.6 is 0 Å². The Labute approximate surface area is 126 Å². The van der Waals surface area contributed by atoms with Gasteiger partial charge in [0, 0.05) is 38.8 Å². The van der Waals surface area contributed by atoms with Crippen molar-refractivity contribution < 1.29 is 9.59 Å². The molecule has 2 N–H and O–H groups in total. The minimum atomic E-state index is -0.366. The third-order valence-electron chi connectivity index (χ3n) is 3.35. The van der Waals surface area contributed by atoms with Crippen molar-refractivity contribution in [2.75, 3.05) is 26.2 Å². The summed E-state index contributed by atoms with van der Waals surface area (Å²) in [4.78, 5) is 25.0. The Morgan fingerprint density at radius 1 is 1.43 bits per heavy atom. The van der Waals surface area contributed by atoms with E-state index in [1.807, 2.05) is 11.0 Å². The second kappa shape index (κ2) is 9.81. The maximum absolute atomic E-state index is 11.8. The van der Waals surface area contributed by atoms with Crippen LogP contribution in [0.15, 0.2) is 11.8 Å². The topological polar surface area (TPSA) is 85.2 Å². The molecular weight excluding hydrogens is 268 g/mol. The van der Waals surface area contributed by atoms with E-state index in [0.717, 1.165) is 32.4 Å². The van der Waals surface area contributed by atoms with Gasteiger partial charge in [0.1, 0.15) is 11.6 Å². The number of hydrogen-bond donors (Lipinski definition) is 2. The van der Waals surface area contributed by atoms with Crippen LogP contribution in [0, 0.1) is 11.3 Å². The lowest BCUT2D eigenvalue weighted by molar-refractivity contribution is -0.127. The van der Waals surface area contributed by atoms with Gasteiger partial charge in [0.05, 0.1) is 0 Å². The molecular formula is C15H24N4O2. The van der Waals surface area contributed by atoms with Crippen LogP contribution < -0.4 is 10.6 Å². The van der Waals surface area contributed by atoms with Crippen LogP contribution in [-0.2, 0) is 9.59 Å². The normalized spacial score (nSPS) is 15.0. The SMILES string of the molecule is CCCCN/C=C(/C#N)C(=O)NCCCN1CCCC1=O. The smallest absolute Gasteiger partial charge is 0.263 e. The van der Waals surface area contributed by atoms with E-state index in [4.69, 9.17) is 5.26 Å². The fourth-order valence-electron chi connectivity index (χ4n) is 2.11. The van der Waals surface area contributed by atoms with Crippen LogP contribution in [0.5, 0.6) is 0 Å². The van der Waals surface area contributed by atoms with Crippen molar-refractivity contribution >= 4 is 11.8 Å². The van der Waals surface area contributed by atoms with Gasteiger partial charge in [-0.05, 0) is 19.3 Å². The Morgan fingerprint density at radius 3 is 2.86 bits per heavy atom. The summed E-state index contributed by atoms with van der Waals surface area (Å²) in [6.45, 7) is 4.79. The van der Waals surface area contributed by atoms with Gasteiger partial charge in [-0.15, -0.1) is 0 Å². The van der Waals surface area contributed by atoms with Gasteiger partial charge in [0.15, 0.2) is 0 Å². The number of nitriles is 1. The van der Waals surface area contributed by atoms with E-state index in [1.54, 1.807) is 0 Å². The zero-order chi connectivity index (χ0) is 15.5. The van der Waals surface area contributed by atoms with Crippen LogP contribution in [0.4, 0.5) is 0 Å². The lowest BCUT2D eigenvalue weighted by Crippen LogP contribution is -2.31. The molecule has 2 amide bonds. The molecule has 0 radical (unpaired) electrons. The Hall–Kier alpha value is -2.03. The highest BCUT2D eigenvalue weighted by Crippen LogP contribution is 2.09. The fourth-order valence-corrected chi connectivity index (χ4v) is 2.11. The summed E-state index contributed by atoms with van der Waals surface area (Å²) in [7, 11) is 0. The zero-order valence-electron chi connectivity index (χ0n) is 12.7. The lowest BCUT2D eigenvalue weighted by atomic mass is 10.2. The first kappa shape index (κ1) is 17.0. The lowest BCUT2D eigenvalue weighted by Gasteiger charge is -2.15. The van der Waals surface area contributed by atoms with E-state index in [9.17, 15) is 9.59 Å². The predicted molar refractivity (Wildman–Crippen MR) is 80.0 cm³/mol. The highest BCUT2D eigenvalue weighted by atomic mass is 16.2. The molecule has 1 rings (SSSR count). The monoisotopic (exact) mass is 292 g/mol. The molecule has 21 heavy (non-hydrogen) atoms. The molecule has 1 saturated heterocycles. The number of rotatable bonds is 9. The number of likely N-dealkylation sites (tertiary alicyclic amines) is 1. The van der Waals surface area contributed by atoms with Crippen LogP contribution in [0.25, 0.3) is 0 Å². The molecule has 6 heteroatoms. The molecule has 0 aromatic carbocycles. The standard InChI is InChI=1S/C15H24N4O2/c1-2-3-7-17-12-13(11-16)15(21)18-8-5-10-19-9-4-6-14(19)20/h12,17H,2-10H2,1H3,(H,18,21)/b13-12-. The number of amides is 2. The Balaban J connectivity index is 2.21. The van der Waals surface area contributed by atoms with Crippen LogP contribution in [0.1, 0.15) is 39.0 Å². The first-order valence-electron chi connectivity index (χ1n) is 7.58. The van der Waals surface area contributed by atoms with Gasteiger partial charge in [0.25, 0.3) is 5.91 Å². The molecule has 0 aromatic rings. The molecule has 1 aliphatic rings. The van der Waals surface area contributed by atoms with Gasteiger partial charge < -0.3 is 15.5 Å². The summed E-state index contributed by atoms with van der Waals surface area (Å²) >= 11 is 0. The molecule has 1 heterocycles. The quantitative estimate of drug-likeness (QED) is 0.376. The number of carbonyl (C=O) groups excluding carboxylic acids is 2. The zero-order valence-corrected chi connectivity index (χ0v) is 12.7. The average Bonchev–Trinajstić information content (AvgIpc) is 2.89. The molecule has 0 aromatic heterocycles. The van der Waals surface area contributed by atoms with Gasteiger partial charge in [-0.1, -0.05) is 13.3 Å². The van der Waals surface area contributed by atoms with Crippen molar-refractivity contribution in [2.45, 2.75) is 39.0 Å². The fraction of sp³-hybridized carbons (Fsp3) is 0.667. The van der Waals surface area contributed by atoms with E-state index in [1.165, 1.54) is 6.20 Å². The molecule has 0 atom stereocenters. The van der Waals surface area contributed by atoms with Crippen LogP contribution in [0.2, 0.25) is 0 Å². The third kappa shape index (κ3) is 6.30. The summed E-state index contributed by atoms with van der Waals surface area (Å²) in [6.07, 6.45) is 5.80.